The summed E-state index contributed by atoms with van der Waals surface area (Å²) in [6.07, 6.45) is 0. The van der Waals surface area contributed by atoms with Gasteiger partial charge >= 0.3 is 0 Å². The lowest BCUT2D eigenvalue weighted by Crippen LogP contribution is -2.09. The maximum Gasteiger partial charge on any atom is 0.228 e. The van der Waals surface area contributed by atoms with E-state index in [9.17, 15) is 0 Å². The third kappa shape index (κ3) is 4.66. The first-order valence-electron chi connectivity index (χ1n) is 15.8. The second kappa shape index (κ2) is 11.2. The molecule has 9 rings (SSSR count). The summed E-state index contributed by atoms with van der Waals surface area (Å²) < 4.78 is 8.69. The molecule has 2 heterocycles. The molecular formula is C43H29N3O. The molecule has 0 atom stereocenters. The zero-order chi connectivity index (χ0) is 31.2. The van der Waals surface area contributed by atoms with E-state index in [2.05, 4.69) is 161 Å². The van der Waals surface area contributed by atoms with Crippen molar-refractivity contribution in [2.24, 2.45) is 0 Å². The molecule has 0 aliphatic heterocycles. The molecule has 0 saturated heterocycles. The predicted octanol–water partition coefficient (Wildman–Crippen LogP) is 11.7. The van der Waals surface area contributed by atoms with E-state index >= 15 is 0 Å². The Hall–Kier alpha value is -6.39. The zero-order valence-corrected chi connectivity index (χ0v) is 25.5. The summed E-state index contributed by atoms with van der Waals surface area (Å²) in [5.74, 6) is 0.616. The number of benzene rings is 7. The second-order valence-corrected chi connectivity index (χ2v) is 11.6. The van der Waals surface area contributed by atoms with Gasteiger partial charge in [0, 0.05) is 39.1 Å². The highest BCUT2D eigenvalue weighted by atomic mass is 16.3. The summed E-state index contributed by atoms with van der Waals surface area (Å²) in [6, 6.07) is 61.5. The molecule has 0 fully saturated rings. The standard InChI is InChI=1S/C43H29N3O/c1-4-13-30(14-5-1)31-23-25-34(26-24-31)45(32-15-6-2-7-16-32)35-27-28-39-37(29-35)42-36(43-44-38-20-10-11-22-41(38)47-43)19-12-21-40(42)46(39)33-17-8-3-9-18-33/h1-29H. The Kier molecular flexibility index (Phi) is 6.43. The van der Waals surface area contributed by atoms with Crippen LogP contribution in [0.4, 0.5) is 17.1 Å². The number of hydrogen-bond acceptors (Lipinski definition) is 3. The number of hydrogen-bond donors (Lipinski definition) is 0. The molecule has 0 aliphatic rings. The quantitative estimate of drug-likeness (QED) is 0.190. The lowest BCUT2D eigenvalue weighted by molar-refractivity contribution is 0.620. The van der Waals surface area contributed by atoms with Crippen molar-refractivity contribution < 1.29 is 4.42 Å². The molecular weight excluding hydrogens is 574 g/mol. The molecule has 4 heteroatoms. The third-order valence-electron chi connectivity index (χ3n) is 8.82. The van der Waals surface area contributed by atoms with Crippen molar-refractivity contribution >= 4 is 50.0 Å². The minimum atomic E-state index is 0.616. The van der Waals surface area contributed by atoms with Crippen LogP contribution in [0.1, 0.15) is 0 Å². The van der Waals surface area contributed by atoms with E-state index in [-0.39, 0.29) is 0 Å². The van der Waals surface area contributed by atoms with E-state index in [0.717, 1.165) is 61.2 Å². The van der Waals surface area contributed by atoms with E-state index in [1.54, 1.807) is 0 Å². The van der Waals surface area contributed by atoms with E-state index in [4.69, 9.17) is 9.40 Å². The molecule has 0 spiro atoms. The minimum absolute atomic E-state index is 0.616. The van der Waals surface area contributed by atoms with Crippen molar-refractivity contribution in [1.82, 2.24) is 9.55 Å². The number of oxazole rings is 1. The number of aromatic nitrogens is 2. The van der Waals surface area contributed by atoms with Gasteiger partial charge in [-0.05, 0) is 90.0 Å². The van der Waals surface area contributed by atoms with Gasteiger partial charge in [-0.15, -0.1) is 0 Å². The fourth-order valence-electron chi connectivity index (χ4n) is 6.68. The summed E-state index contributed by atoms with van der Waals surface area (Å²) >= 11 is 0. The summed E-state index contributed by atoms with van der Waals surface area (Å²) in [5, 5.41) is 2.23. The van der Waals surface area contributed by atoms with Crippen molar-refractivity contribution in [3.05, 3.63) is 176 Å². The van der Waals surface area contributed by atoms with Gasteiger partial charge in [-0.3, -0.25) is 0 Å². The summed E-state index contributed by atoms with van der Waals surface area (Å²) in [5.41, 5.74) is 11.5. The van der Waals surface area contributed by atoms with Crippen molar-refractivity contribution in [3.8, 4) is 28.3 Å². The topological polar surface area (TPSA) is 34.2 Å². The van der Waals surface area contributed by atoms with E-state index in [1.165, 1.54) is 11.1 Å². The number of fused-ring (bicyclic) bond motifs is 4. The molecule has 0 N–H and O–H groups in total. The van der Waals surface area contributed by atoms with Crippen LogP contribution in [-0.2, 0) is 0 Å². The van der Waals surface area contributed by atoms with Crippen molar-refractivity contribution in [3.63, 3.8) is 0 Å². The van der Waals surface area contributed by atoms with Crippen LogP contribution in [0.2, 0.25) is 0 Å². The smallest absolute Gasteiger partial charge is 0.228 e. The molecule has 47 heavy (non-hydrogen) atoms. The van der Waals surface area contributed by atoms with Crippen LogP contribution in [0, 0.1) is 0 Å². The van der Waals surface area contributed by atoms with Crippen LogP contribution in [0.25, 0.3) is 61.2 Å². The molecule has 0 unspecified atom stereocenters. The van der Waals surface area contributed by atoms with E-state index in [1.807, 2.05) is 24.3 Å². The van der Waals surface area contributed by atoms with Crippen LogP contribution >= 0.6 is 0 Å². The molecule has 222 valence electrons. The molecule has 2 aromatic heterocycles. The average molecular weight is 604 g/mol. The van der Waals surface area contributed by atoms with Gasteiger partial charge in [-0.25, -0.2) is 4.98 Å². The molecule has 9 aromatic rings. The van der Waals surface area contributed by atoms with Crippen LogP contribution in [0.15, 0.2) is 180 Å². The Labute approximate surface area is 272 Å². The van der Waals surface area contributed by atoms with Crippen LogP contribution < -0.4 is 4.90 Å². The van der Waals surface area contributed by atoms with E-state index in [0.29, 0.717) is 5.89 Å². The first kappa shape index (κ1) is 27.0. The highest BCUT2D eigenvalue weighted by molar-refractivity contribution is 6.16. The Morgan fingerprint density at radius 1 is 0.489 bits per heavy atom. The Balaban J connectivity index is 1.29. The number of para-hydroxylation sites is 4. The first-order valence-corrected chi connectivity index (χ1v) is 15.8. The Bertz CT molecular complexity index is 2460. The summed E-state index contributed by atoms with van der Waals surface area (Å²) in [4.78, 5) is 7.24. The van der Waals surface area contributed by atoms with Gasteiger partial charge in [-0.2, -0.15) is 0 Å². The number of rotatable bonds is 6. The number of nitrogens with zero attached hydrogens (tertiary/aromatic N) is 3. The minimum Gasteiger partial charge on any atom is -0.436 e. The van der Waals surface area contributed by atoms with Gasteiger partial charge in [0.05, 0.1) is 11.0 Å². The molecule has 0 amide bonds. The molecule has 0 radical (unpaired) electrons. The fourth-order valence-corrected chi connectivity index (χ4v) is 6.68. The SMILES string of the molecule is c1ccc(-c2ccc(N(c3ccccc3)c3ccc4c(c3)c3c(-c5nc6ccccc6o5)cccc3n4-c3ccccc3)cc2)cc1. The third-order valence-corrected chi connectivity index (χ3v) is 8.82. The van der Waals surface area contributed by atoms with Gasteiger partial charge in [0.25, 0.3) is 0 Å². The maximum atomic E-state index is 6.36. The van der Waals surface area contributed by atoms with Gasteiger partial charge in [-0.1, -0.05) is 97.1 Å². The van der Waals surface area contributed by atoms with Crippen LogP contribution in [0.3, 0.4) is 0 Å². The Morgan fingerprint density at radius 3 is 1.89 bits per heavy atom. The maximum absolute atomic E-state index is 6.36. The normalized spacial score (nSPS) is 11.4. The fraction of sp³-hybridized carbons (Fsp3) is 0. The van der Waals surface area contributed by atoms with E-state index < -0.39 is 0 Å². The molecule has 0 saturated carbocycles. The van der Waals surface area contributed by atoms with Crippen molar-refractivity contribution in [2.45, 2.75) is 0 Å². The van der Waals surface area contributed by atoms with Gasteiger partial charge in [0.1, 0.15) is 5.52 Å². The Morgan fingerprint density at radius 2 is 1.13 bits per heavy atom. The monoisotopic (exact) mass is 603 g/mol. The molecule has 7 aromatic carbocycles. The molecule has 0 aliphatic carbocycles. The number of anilines is 3. The first-order chi connectivity index (χ1) is 23.3. The lowest BCUT2D eigenvalue weighted by atomic mass is 10.0. The van der Waals surface area contributed by atoms with Crippen molar-refractivity contribution in [2.75, 3.05) is 4.90 Å². The largest absolute Gasteiger partial charge is 0.436 e. The zero-order valence-electron chi connectivity index (χ0n) is 25.5. The van der Waals surface area contributed by atoms with Crippen LogP contribution in [0.5, 0.6) is 0 Å². The molecule has 4 nitrogen and oxygen atoms in total. The predicted molar refractivity (Wildman–Crippen MR) is 194 cm³/mol. The van der Waals surface area contributed by atoms with Crippen molar-refractivity contribution in [1.29, 1.82) is 0 Å². The molecule has 0 bridgehead atoms. The van der Waals surface area contributed by atoms with Gasteiger partial charge < -0.3 is 13.9 Å². The average Bonchev–Trinajstić information content (AvgIpc) is 3.73. The highest BCUT2D eigenvalue weighted by Gasteiger charge is 2.21. The second-order valence-electron chi connectivity index (χ2n) is 11.6. The van der Waals surface area contributed by atoms with Gasteiger partial charge in [0.2, 0.25) is 5.89 Å². The summed E-state index contributed by atoms with van der Waals surface area (Å²) in [7, 11) is 0. The van der Waals surface area contributed by atoms with Crippen LogP contribution in [-0.4, -0.2) is 9.55 Å². The highest BCUT2D eigenvalue weighted by Crippen LogP contribution is 2.43. The lowest BCUT2D eigenvalue weighted by Gasteiger charge is -2.26. The summed E-state index contributed by atoms with van der Waals surface area (Å²) in [6.45, 7) is 0. The van der Waals surface area contributed by atoms with Gasteiger partial charge in [0.15, 0.2) is 5.58 Å².